The summed E-state index contributed by atoms with van der Waals surface area (Å²) < 4.78 is 0.902. The van der Waals surface area contributed by atoms with E-state index in [1.807, 2.05) is 0 Å². The van der Waals surface area contributed by atoms with Gasteiger partial charge in [-0.05, 0) is 31.0 Å². The molecule has 0 aliphatic carbocycles. The molecule has 1 aromatic heterocycles. The van der Waals surface area contributed by atoms with Crippen molar-refractivity contribution >= 4 is 50.3 Å². The average molecular weight is 328 g/mol. The van der Waals surface area contributed by atoms with Gasteiger partial charge in [0.25, 0.3) is 0 Å². The van der Waals surface area contributed by atoms with Gasteiger partial charge in [-0.1, -0.05) is 22.9 Å². The molecular formula is C13H14ClN3O3S. The van der Waals surface area contributed by atoms with E-state index in [-0.39, 0.29) is 12.5 Å². The minimum Gasteiger partial charge on any atom is -0.481 e. The molecule has 0 saturated carbocycles. The first kappa shape index (κ1) is 15.5. The van der Waals surface area contributed by atoms with Crippen molar-refractivity contribution in [3.63, 3.8) is 0 Å². The third-order valence-corrected chi connectivity index (χ3v) is 3.84. The lowest BCUT2D eigenvalue weighted by Gasteiger charge is -2.04. The van der Waals surface area contributed by atoms with Gasteiger partial charge in [0, 0.05) is 18.0 Å². The van der Waals surface area contributed by atoms with Crippen molar-refractivity contribution in [1.82, 2.24) is 10.3 Å². The fraction of sp³-hybridized carbons (Fsp3) is 0.308. The van der Waals surface area contributed by atoms with E-state index < -0.39 is 5.97 Å². The maximum absolute atomic E-state index is 11.7. The van der Waals surface area contributed by atoms with Crippen molar-refractivity contribution in [3.05, 3.63) is 23.2 Å². The van der Waals surface area contributed by atoms with Crippen LogP contribution in [0.5, 0.6) is 0 Å². The Balaban J connectivity index is 1.80. The number of nitrogens with one attached hydrogen (secondary N) is 2. The normalized spacial score (nSPS) is 10.5. The van der Waals surface area contributed by atoms with E-state index >= 15 is 0 Å². The number of hydrogen-bond donors (Lipinski definition) is 3. The number of fused-ring (bicyclic) bond motifs is 1. The summed E-state index contributed by atoms with van der Waals surface area (Å²) in [5, 5.41) is 14.9. The number of aliphatic carboxylic acids is 1. The number of benzene rings is 1. The number of rotatable bonds is 6. The van der Waals surface area contributed by atoms with Crippen LogP contribution in [0.15, 0.2) is 18.2 Å². The monoisotopic (exact) mass is 327 g/mol. The molecule has 0 aliphatic rings. The molecule has 8 heteroatoms. The van der Waals surface area contributed by atoms with Crippen LogP contribution in [0.25, 0.3) is 10.2 Å². The molecule has 0 radical (unpaired) electrons. The zero-order valence-electron chi connectivity index (χ0n) is 11.1. The molecule has 0 spiro atoms. The van der Waals surface area contributed by atoms with Gasteiger partial charge in [0.2, 0.25) is 0 Å². The van der Waals surface area contributed by atoms with Gasteiger partial charge in [0.15, 0.2) is 5.13 Å². The van der Waals surface area contributed by atoms with Crippen molar-refractivity contribution in [2.24, 2.45) is 0 Å². The summed E-state index contributed by atoms with van der Waals surface area (Å²) in [6, 6.07) is 4.98. The minimum absolute atomic E-state index is 0.113. The number of aromatic nitrogens is 1. The Morgan fingerprint density at radius 1 is 1.33 bits per heavy atom. The van der Waals surface area contributed by atoms with Gasteiger partial charge in [0.05, 0.1) is 10.2 Å². The van der Waals surface area contributed by atoms with E-state index in [0.717, 1.165) is 10.2 Å². The van der Waals surface area contributed by atoms with Crippen LogP contribution in [-0.2, 0) is 4.79 Å². The Kier molecular flexibility index (Phi) is 5.35. The average Bonchev–Trinajstić information content (AvgIpc) is 2.79. The van der Waals surface area contributed by atoms with Crippen molar-refractivity contribution in [2.75, 3.05) is 11.9 Å². The predicted molar refractivity (Wildman–Crippen MR) is 83.1 cm³/mol. The number of urea groups is 1. The molecule has 21 heavy (non-hydrogen) atoms. The predicted octanol–water partition coefficient (Wildman–Crippen LogP) is 3.33. The summed E-state index contributed by atoms with van der Waals surface area (Å²) >= 11 is 7.23. The van der Waals surface area contributed by atoms with Crippen molar-refractivity contribution < 1.29 is 14.7 Å². The number of anilines is 1. The molecule has 0 saturated heterocycles. The molecule has 0 atom stereocenters. The first-order valence-corrected chi connectivity index (χ1v) is 7.57. The van der Waals surface area contributed by atoms with E-state index in [4.69, 9.17) is 16.7 Å². The number of hydrogen-bond acceptors (Lipinski definition) is 4. The van der Waals surface area contributed by atoms with Gasteiger partial charge < -0.3 is 10.4 Å². The summed E-state index contributed by atoms with van der Waals surface area (Å²) in [7, 11) is 0. The van der Waals surface area contributed by atoms with Gasteiger partial charge in [-0.15, -0.1) is 0 Å². The Morgan fingerprint density at radius 2 is 2.14 bits per heavy atom. The second-order valence-corrected chi connectivity index (χ2v) is 5.83. The zero-order valence-corrected chi connectivity index (χ0v) is 12.6. The summed E-state index contributed by atoms with van der Waals surface area (Å²) in [5.41, 5.74) is 0.779. The number of carbonyl (C=O) groups excluding carboxylic acids is 1. The van der Waals surface area contributed by atoms with E-state index in [1.54, 1.807) is 18.2 Å². The molecule has 0 aliphatic heterocycles. The van der Waals surface area contributed by atoms with Crippen molar-refractivity contribution in [1.29, 1.82) is 0 Å². The quantitative estimate of drug-likeness (QED) is 0.710. The first-order valence-electron chi connectivity index (χ1n) is 6.37. The van der Waals surface area contributed by atoms with Crippen LogP contribution in [-0.4, -0.2) is 28.6 Å². The van der Waals surface area contributed by atoms with Crippen molar-refractivity contribution in [3.8, 4) is 0 Å². The SMILES string of the molecule is O=C(O)CCCCNC(=O)Nc1nc2ccc(Cl)cc2s1. The number of carbonyl (C=O) groups is 2. The second kappa shape index (κ2) is 7.24. The van der Waals surface area contributed by atoms with Crippen LogP contribution in [0.4, 0.5) is 9.93 Å². The topological polar surface area (TPSA) is 91.3 Å². The smallest absolute Gasteiger partial charge is 0.321 e. The lowest BCUT2D eigenvalue weighted by atomic mass is 10.2. The van der Waals surface area contributed by atoms with Crippen LogP contribution >= 0.6 is 22.9 Å². The highest BCUT2D eigenvalue weighted by Gasteiger charge is 2.07. The number of unbranched alkanes of at least 4 members (excludes halogenated alkanes) is 1. The number of amides is 2. The highest BCUT2D eigenvalue weighted by molar-refractivity contribution is 7.22. The van der Waals surface area contributed by atoms with Gasteiger partial charge in [-0.2, -0.15) is 0 Å². The Morgan fingerprint density at radius 3 is 2.90 bits per heavy atom. The molecule has 0 bridgehead atoms. The highest BCUT2D eigenvalue weighted by Crippen LogP contribution is 2.28. The molecule has 0 unspecified atom stereocenters. The summed E-state index contributed by atoms with van der Waals surface area (Å²) in [6.07, 6.45) is 1.27. The zero-order chi connectivity index (χ0) is 15.2. The molecule has 2 amide bonds. The fourth-order valence-electron chi connectivity index (χ4n) is 1.70. The lowest BCUT2D eigenvalue weighted by molar-refractivity contribution is -0.137. The standard InChI is InChI=1S/C13H14ClN3O3S/c14-8-4-5-9-10(7-8)21-13(16-9)17-12(20)15-6-2-1-3-11(18)19/h4-5,7H,1-3,6H2,(H,18,19)(H2,15,16,17,20). The maximum Gasteiger partial charge on any atom is 0.321 e. The number of nitrogens with zero attached hydrogens (tertiary/aromatic N) is 1. The first-order chi connectivity index (χ1) is 10.0. The third kappa shape index (κ3) is 4.87. The lowest BCUT2D eigenvalue weighted by Crippen LogP contribution is -2.29. The molecule has 0 fully saturated rings. The van der Waals surface area contributed by atoms with E-state index in [0.29, 0.717) is 29.5 Å². The molecule has 2 aromatic rings. The van der Waals surface area contributed by atoms with Gasteiger partial charge in [-0.25, -0.2) is 9.78 Å². The summed E-state index contributed by atoms with van der Waals surface area (Å²) in [5.74, 6) is -0.826. The Hall–Kier alpha value is -1.86. The minimum atomic E-state index is -0.826. The molecule has 1 aromatic carbocycles. The Labute approximate surface area is 130 Å². The van der Waals surface area contributed by atoms with Crippen molar-refractivity contribution in [2.45, 2.75) is 19.3 Å². The van der Waals surface area contributed by atoms with Gasteiger partial charge >= 0.3 is 12.0 Å². The molecule has 3 N–H and O–H groups in total. The van der Waals surface area contributed by atoms with E-state index in [1.165, 1.54) is 11.3 Å². The number of carboxylic acid groups (broad SMARTS) is 1. The number of halogens is 1. The van der Waals surface area contributed by atoms with Crippen LogP contribution in [0.3, 0.4) is 0 Å². The van der Waals surface area contributed by atoms with Gasteiger partial charge in [-0.3, -0.25) is 10.1 Å². The number of carboxylic acids is 1. The molecule has 112 valence electrons. The van der Waals surface area contributed by atoms with Crippen LogP contribution < -0.4 is 10.6 Å². The van der Waals surface area contributed by atoms with Gasteiger partial charge in [0.1, 0.15) is 0 Å². The van der Waals surface area contributed by atoms with Crippen LogP contribution in [0.1, 0.15) is 19.3 Å². The Bertz CT molecular complexity index is 659. The highest BCUT2D eigenvalue weighted by atomic mass is 35.5. The largest absolute Gasteiger partial charge is 0.481 e. The molecular weight excluding hydrogens is 314 g/mol. The third-order valence-electron chi connectivity index (χ3n) is 2.67. The summed E-state index contributed by atoms with van der Waals surface area (Å²) in [4.78, 5) is 26.3. The number of thiazole rings is 1. The summed E-state index contributed by atoms with van der Waals surface area (Å²) in [6.45, 7) is 0.426. The second-order valence-electron chi connectivity index (χ2n) is 4.36. The van der Waals surface area contributed by atoms with Crippen LogP contribution in [0, 0.1) is 0 Å². The fourth-order valence-corrected chi connectivity index (χ4v) is 2.83. The van der Waals surface area contributed by atoms with E-state index in [9.17, 15) is 9.59 Å². The van der Waals surface area contributed by atoms with Crippen LogP contribution in [0.2, 0.25) is 5.02 Å². The molecule has 1 heterocycles. The molecule has 6 nitrogen and oxygen atoms in total. The molecule has 2 rings (SSSR count). The van der Waals surface area contributed by atoms with E-state index in [2.05, 4.69) is 15.6 Å². The maximum atomic E-state index is 11.7.